The fourth-order valence-electron chi connectivity index (χ4n) is 3.35. The van der Waals surface area contributed by atoms with Gasteiger partial charge in [-0.3, -0.25) is 4.90 Å². The minimum atomic E-state index is 0.348. The molecule has 124 valence electrons. The van der Waals surface area contributed by atoms with Crippen molar-refractivity contribution in [3.63, 3.8) is 0 Å². The standard InChI is InChI=1S/C19H26N2O2/c1-22-18-8-9-21(17(13-18)14-20)10-11-23-19-7-6-15-4-2-3-5-16(15)12-19/h2-7,12,17-18H,8-11,13-14,20H2,1H3. The third-order valence-corrected chi connectivity index (χ3v) is 4.76. The van der Waals surface area contributed by atoms with Crippen molar-refractivity contribution in [3.05, 3.63) is 42.5 Å². The van der Waals surface area contributed by atoms with Gasteiger partial charge in [0.15, 0.2) is 0 Å². The van der Waals surface area contributed by atoms with E-state index < -0.39 is 0 Å². The SMILES string of the molecule is COC1CCN(CCOc2ccc3ccccc3c2)C(CN)C1. The van der Waals surface area contributed by atoms with Gasteiger partial charge in [-0.15, -0.1) is 0 Å². The van der Waals surface area contributed by atoms with Crippen LogP contribution in [0.2, 0.25) is 0 Å². The number of nitrogens with two attached hydrogens (primary N) is 1. The molecule has 0 radical (unpaired) electrons. The first-order valence-corrected chi connectivity index (χ1v) is 8.38. The van der Waals surface area contributed by atoms with E-state index in [9.17, 15) is 0 Å². The van der Waals surface area contributed by atoms with E-state index in [0.717, 1.165) is 31.7 Å². The third kappa shape index (κ3) is 4.02. The highest BCUT2D eigenvalue weighted by Gasteiger charge is 2.27. The Hall–Kier alpha value is -1.62. The number of nitrogens with zero attached hydrogens (tertiary/aromatic N) is 1. The van der Waals surface area contributed by atoms with Crippen molar-refractivity contribution < 1.29 is 9.47 Å². The van der Waals surface area contributed by atoms with Gasteiger partial charge < -0.3 is 15.2 Å². The minimum Gasteiger partial charge on any atom is -0.492 e. The van der Waals surface area contributed by atoms with Crippen LogP contribution in [0.25, 0.3) is 10.8 Å². The van der Waals surface area contributed by atoms with E-state index in [1.165, 1.54) is 10.8 Å². The normalized spacial score (nSPS) is 22.3. The van der Waals surface area contributed by atoms with Crippen LogP contribution < -0.4 is 10.5 Å². The summed E-state index contributed by atoms with van der Waals surface area (Å²) in [7, 11) is 1.79. The van der Waals surface area contributed by atoms with Gasteiger partial charge in [0.2, 0.25) is 0 Å². The number of rotatable bonds is 6. The first-order valence-electron chi connectivity index (χ1n) is 8.38. The van der Waals surface area contributed by atoms with Crippen molar-refractivity contribution >= 4 is 10.8 Å². The third-order valence-electron chi connectivity index (χ3n) is 4.76. The molecule has 0 amide bonds. The zero-order chi connectivity index (χ0) is 16.1. The van der Waals surface area contributed by atoms with Crippen molar-refractivity contribution in [2.24, 2.45) is 5.73 Å². The summed E-state index contributed by atoms with van der Waals surface area (Å²) in [6.07, 6.45) is 2.44. The van der Waals surface area contributed by atoms with Crippen molar-refractivity contribution in [1.29, 1.82) is 0 Å². The topological polar surface area (TPSA) is 47.7 Å². The second-order valence-corrected chi connectivity index (χ2v) is 6.17. The summed E-state index contributed by atoms with van der Waals surface area (Å²) < 4.78 is 11.4. The van der Waals surface area contributed by atoms with E-state index in [1.54, 1.807) is 7.11 Å². The second kappa shape index (κ2) is 7.77. The van der Waals surface area contributed by atoms with E-state index in [-0.39, 0.29) is 0 Å². The fourth-order valence-corrected chi connectivity index (χ4v) is 3.35. The van der Waals surface area contributed by atoms with Gasteiger partial charge >= 0.3 is 0 Å². The number of hydrogen-bond donors (Lipinski definition) is 1. The van der Waals surface area contributed by atoms with Crippen molar-refractivity contribution in [1.82, 2.24) is 4.90 Å². The van der Waals surface area contributed by atoms with Crippen LogP contribution in [0.4, 0.5) is 0 Å². The van der Waals surface area contributed by atoms with Gasteiger partial charge in [-0.1, -0.05) is 30.3 Å². The zero-order valence-corrected chi connectivity index (χ0v) is 13.8. The van der Waals surface area contributed by atoms with E-state index in [2.05, 4.69) is 41.3 Å². The lowest BCUT2D eigenvalue weighted by atomic mass is 9.99. The van der Waals surface area contributed by atoms with Gasteiger partial charge in [-0.2, -0.15) is 0 Å². The molecule has 3 rings (SSSR count). The minimum absolute atomic E-state index is 0.348. The van der Waals surface area contributed by atoms with Crippen molar-refractivity contribution in [2.45, 2.75) is 25.0 Å². The molecule has 1 aliphatic rings. The monoisotopic (exact) mass is 314 g/mol. The molecule has 0 aliphatic carbocycles. The largest absolute Gasteiger partial charge is 0.492 e. The predicted molar refractivity (Wildman–Crippen MR) is 93.9 cm³/mol. The van der Waals surface area contributed by atoms with Crippen LogP contribution >= 0.6 is 0 Å². The Morgan fingerprint density at radius 2 is 2.00 bits per heavy atom. The number of methoxy groups -OCH3 is 1. The molecule has 0 saturated carbocycles. The molecule has 4 heteroatoms. The molecular weight excluding hydrogens is 288 g/mol. The first-order chi connectivity index (χ1) is 11.3. The number of benzene rings is 2. The lowest BCUT2D eigenvalue weighted by molar-refractivity contribution is 0.00923. The average Bonchev–Trinajstić information content (AvgIpc) is 2.61. The molecule has 0 spiro atoms. The lowest BCUT2D eigenvalue weighted by Gasteiger charge is -2.38. The first kappa shape index (κ1) is 16.2. The van der Waals surface area contributed by atoms with Crippen LogP contribution in [0, 0.1) is 0 Å². The van der Waals surface area contributed by atoms with Crippen LogP contribution in [-0.2, 0) is 4.74 Å². The molecule has 1 saturated heterocycles. The quantitative estimate of drug-likeness (QED) is 0.890. The Balaban J connectivity index is 1.53. The molecule has 2 aromatic carbocycles. The van der Waals surface area contributed by atoms with Gasteiger partial charge in [0, 0.05) is 32.8 Å². The summed E-state index contributed by atoms with van der Waals surface area (Å²) in [5.74, 6) is 0.930. The Morgan fingerprint density at radius 1 is 1.17 bits per heavy atom. The Morgan fingerprint density at radius 3 is 2.78 bits per heavy atom. The van der Waals surface area contributed by atoms with Crippen LogP contribution in [0.5, 0.6) is 5.75 Å². The summed E-state index contributed by atoms with van der Waals surface area (Å²) in [6.45, 7) is 3.30. The van der Waals surface area contributed by atoms with Crippen molar-refractivity contribution in [2.75, 3.05) is 33.4 Å². The molecule has 2 atom stereocenters. The van der Waals surface area contributed by atoms with E-state index in [4.69, 9.17) is 15.2 Å². The van der Waals surface area contributed by atoms with Gasteiger partial charge in [0.25, 0.3) is 0 Å². The van der Waals surface area contributed by atoms with Crippen molar-refractivity contribution in [3.8, 4) is 5.75 Å². The maximum absolute atomic E-state index is 5.95. The Bertz CT molecular complexity index is 632. The number of likely N-dealkylation sites (tertiary alicyclic amines) is 1. The number of hydrogen-bond acceptors (Lipinski definition) is 4. The average molecular weight is 314 g/mol. The van der Waals surface area contributed by atoms with Crippen LogP contribution in [-0.4, -0.2) is 50.4 Å². The molecule has 1 heterocycles. The fraction of sp³-hybridized carbons (Fsp3) is 0.474. The maximum atomic E-state index is 5.95. The lowest BCUT2D eigenvalue weighted by Crippen LogP contribution is -2.49. The summed E-state index contributed by atoms with van der Waals surface area (Å²) in [5.41, 5.74) is 5.92. The maximum Gasteiger partial charge on any atom is 0.120 e. The van der Waals surface area contributed by atoms with Crippen LogP contribution in [0.15, 0.2) is 42.5 Å². The Kier molecular flexibility index (Phi) is 5.49. The smallest absolute Gasteiger partial charge is 0.120 e. The molecule has 2 unspecified atom stereocenters. The molecule has 1 aliphatic heterocycles. The predicted octanol–water partition coefficient (Wildman–Crippen LogP) is 2.66. The van der Waals surface area contributed by atoms with E-state index in [0.29, 0.717) is 25.3 Å². The van der Waals surface area contributed by atoms with Crippen LogP contribution in [0.3, 0.4) is 0 Å². The molecule has 23 heavy (non-hydrogen) atoms. The molecule has 4 nitrogen and oxygen atoms in total. The molecular formula is C19H26N2O2. The molecule has 2 aromatic rings. The summed E-state index contributed by atoms with van der Waals surface area (Å²) >= 11 is 0. The summed E-state index contributed by atoms with van der Waals surface area (Å²) in [5, 5.41) is 2.45. The van der Waals surface area contributed by atoms with Gasteiger partial charge in [-0.05, 0) is 35.7 Å². The second-order valence-electron chi connectivity index (χ2n) is 6.17. The number of piperidine rings is 1. The van der Waals surface area contributed by atoms with Gasteiger partial charge in [0.1, 0.15) is 12.4 Å². The molecule has 0 aromatic heterocycles. The molecule has 1 fully saturated rings. The van der Waals surface area contributed by atoms with Gasteiger partial charge in [-0.25, -0.2) is 0 Å². The van der Waals surface area contributed by atoms with Crippen LogP contribution in [0.1, 0.15) is 12.8 Å². The molecule has 0 bridgehead atoms. The number of ether oxygens (including phenoxy) is 2. The van der Waals surface area contributed by atoms with E-state index >= 15 is 0 Å². The van der Waals surface area contributed by atoms with E-state index in [1.807, 2.05) is 6.07 Å². The van der Waals surface area contributed by atoms with Gasteiger partial charge in [0.05, 0.1) is 6.10 Å². The molecule has 2 N–H and O–H groups in total. The highest BCUT2D eigenvalue weighted by atomic mass is 16.5. The summed E-state index contributed by atoms with van der Waals surface area (Å²) in [4.78, 5) is 2.43. The Labute approximate surface area is 138 Å². The zero-order valence-electron chi connectivity index (χ0n) is 13.8. The number of fused-ring (bicyclic) bond motifs is 1. The highest BCUT2D eigenvalue weighted by molar-refractivity contribution is 5.83. The summed E-state index contributed by atoms with van der Waals surface area (Å²) in [6, 6.07) is 15.0. The highest BCUT2D eigenvalue weighted by Crippen LogP contribution is 2.21.